The van der Waals surface area contributed by atoms with Crippen LogP contribution in [0.1, 0.15) is 6.42 Å². The highest BCUT2D eigenvalue weighted by Gasteiger charge is 2.28. The molecule has 2 aromatic rings. The van der Waals surface area contributed by atoms with E-state index >= 15 is 0 Å². The van der Waals surface area contributed by atoms with E-state index in [2.05, 4.69) is 16.9 Å². The number of nitrogens with one attached hydrogen (secondary N) is 1. The summed E-state index contributed by atoms with van der Waals surface area (Å²) in [5.74, 6) is -1.15. The normalized spacial score (nSPS) is 17.5. The standard InChI is InChI=1S/C16H17FN4O5/c1-2-12(22)20-6-5-9(7-20)19-11-4-3-10-13(14(11)17)15(23)21(8-18-10)16(24,25)26/h2-4,8-9,19,24-26H,1,5-7H2. The minimum absolute atomic E-state index is 0.00599. The summed E-state index contributed by atoms with van der Waals surface area (Å²) in [5, 5.41) is 29.9. The quantitative estimate of drug-likeness (QED) is 0.416. The van der Waals surface area contributed by atoms with E-state index < -0.39 is 22.9 Å². The van der Waals surface area contributed by atoms with Crippen LogP contribution in [-0.2, 0) is 10.9 Å². The van der Waals surface area contributed by atoms with Gasteiger partial charge < -0.3 is 25.5 Å². The molecular formula is C16H17FN4O5. The van der Waals surface area contributed by atoms with Gasteiger partial charge in [-0.2, -0.15) is 0 Å². The minimum Gasteiger partial charge on any atom is -0.378 e. The van der Waals surface area contributed by atoms with Gasteiger partial charge in [0.2, 0.25) is 5.91 Å². The Balaban J connectivity index is 1.95. The number of hydrogen-bond acceptors (Lipinski definition) is 7. The number of amides is 1. The number of anilines is 1. The van der Waals surface area contributed by atoms with Gasteiger partial charge in [-0.1, -0.05) is 6.58 Å². The molecule has 4 N–H and O–H groups in total. The first kappa shape index (κ1) is 18.0. The Morgan fingerprint density at radius 2 is 2.15 bits per heavy atom. The second kappa shape index (κ2) is 6.48. The van der Waals surface area contributed by atoms with E-state index in [0.29, 0.717) is 25.8 Å². The molecule has 1 saturated heterocycles. The van der Waals surface area contributed by atoms with E-state index in [1.807, 2.05) is 0 Å². The monoisotopic (exact) mass is 364 g/mol. The summed E-state index contributed by atoms with van der Waals surface area (Å²) in [5.41, 5.74) is -1.15. The molecule has 1 aliphatic rings. The number of aromatic nitrogens is 2. The molecule has 1 aromatic carbocycles. The third-order valence-corrected chi connectivity index (χ3v) is 4.22. The molecule has 0 radical (unpaired) electrons. The van der Waals surface area contributed by atoms with E-state index in [1.165, 1.54) is 18.2 Å². The van der Waals surface area contributed by atoms with Crippen LogP contribution in [0.5, 0.6) is 0 Å². The van der Waals surface area contributed by atoms with Gasteiger partial charge in [0.15, 0.2) is 5.82 Å². The highest BCUT2D eigenvalue weighted by atomic mass is 19.1. The van der Waals surface area contributed by atoms with E-state index in [9.17, 15) is 29.3 Å². The Morgan fingerprint density at radius 1 is 1.42 bits per heavy atom. The summed E-state index contributed by atoms with van der Waals surface area (Å²) < 4.78 is 14.9. The largest absolute Gasteiger partial charge is 0.378 e. The zero-order chi connectivity index (χ0) is 19.1. The van der Waals surface area contributed by atoms with E-state index in [1.54, 1.807) is 4.90 Å². The number of fused-ring (bicyclic) bond motifs is 1. The van der Waals surface area contributed by atoms with Crippen LogP contribution in [0.25, 0.3) is 10.9 Å². The molecule has 3 rings (SSSR count). The van der Waals surface area contributed by atoms with Crippen LogP contribution >= 0.6 is 0 Å². The van der Waals surface area contributed by atoms with Gasteiger partial charge in [0.1, 0.15) is 11.7 Å². The summed E-state index contributed by atoms with van der Waals surface area (Å²) in [6.07, 6.45) is -1.00. The van der Waals surface area contributed by atoms with Gasteiger partial charge in [0.25, 0.3) is 5.56 Å². The second-order valence-electron chi connectivity index (χ2n) is 5.96. The third kappa shape index (κ3) is 3.17. The highest BCUT2D eigenvalue weighted by Crippen LogP contribution is 2.24. The number of likely N-dealkylation sites (tertiary alicyclic amines) is 1. The number of carbonyl (C=O) groups excluding carboxylic acids is 1. The lowest BCUT2D eigenvalue weighted by atomic mass is 10.1. The number of aliphatic hydroxyl groups is 3. The zero-order valence-corrected chi connectivity index (χ0v) is 13.6. The molecule has 0 bridgehead atoms. The van der Waals surface area contributed by atoms with Gasteiger partial charge in [-0.3, -0.25) is 9.59 Å². The van der Waals surface area contributed by atoms with Crippen molar-refractivity contribution in [1.82, 2.24) is 14.5 Å². The average Bonchev–Trinajstić information content (AvgIpc) is 3.04. The highest BCUT2D eigenvalue weighted by molar-refractivity contribution is 5.87. The van der Waals surface area contributed by atoms with Gasteiger partial charge in [0.05, 0.1) is 11.2 Å². The van der Waals surface area contributed by atoms with Crippen molar-refractivity contribution in [2.75, 3.05) is 18.4 Å². The van der Waals surface area contributed by atoms with Crippen LogP contribution < -0.4 is 10.9 Å². The summed E-state index contributed by atoms with van der Waals surface area (Å²) in [6.45, 7) is 4.27. The lowest BCUT2D eigenvalue weighted by Crippen LogP contribution is -2.41. The van der Waals surface area contributed by atoms with Gasteiger partial charge in [-0.25, -0.2) is 13.9 Å². The first-order valence-electron chi connectivity index (χ1n) is 7.77. The summed E-state index contributed by atoms with van der Waals surface area (Å²) in [4.78, 5) is 29.2. The fourth-order valence-corrected chi connectivity index (χ4v) is 2.92. The molecule has 138 valence electrons. The Morgan fingerprint density at radius 3 is 2.81 bits per heavy atom. The van der Waals surface area contributed by atoms with Crippen molar-refractivity contribution in [2.45, 2.75) is 18.6 Å². The molecule has 1 atom stereocenters. The second-order valence-corrected chi connectivity index (χ2v) is 5.96. The van der Waals surface area contributed by atoms with Crippen molar-refractivity contribution in [3.05, 3.63) is 47.3 Å². The number of carbonyl (C=O) groups is 1. The number of halogens is 1. The van der Waals surface area contributed by atoms with Crippen LogP contribution in [0.2, 0.25) is 0 Å². The van der Waals surface area contributed by atoms with Crippen LogP contribution in [0.3, 0.4) is 0 Å². The smallest absolute Gasteiger partial charge is 0.377 e. The Bertz CT molecular complexity index is 937. The first-order chi connectivity index (χ1) is 12.2. The van der Waals surface area contributed by atoms with Crippen LogP contribution in [0.15, 0.2) is 35.9 Å². The lowest BCUT2D eigenvalue weighted by molar-refractivity contribution is -0.377. The van der Waals surface area contributed by atoms with Crippen molar-refractivity contribution in [3.63, 3.8) is 0 Å². The van der Waals surface area contributed by atoms with Crippen LogP contribution in [0.4, 0.5) is 10.1 Å². The topological polar surface area (TPSA) is 128 Å². The first-order valence-corrected chi connectivity index (χ1v) is 7.77. The molecule has 1 fully saturated rings. The molecule has 1 aliphatic heterocycles. The van der Waals surface area contributed by atoms with Gasteiger partial charge in [0, 0.05) is 19.1 Å². The molecule has 0 saturated carbocycles. The fraction of sp³-hybridized carbons (Fsp3) is 0.312. The molecule has 10 heteroatoms. The molecule has 9 nitrogen and oxygen atoms in total. The Kier molecular flexibility index (Phi) is 4.48. The molecule has 1 aromatic heterocycles. The SMILES string of the molecule is C=CC(=O)N1CCC(Nc2ccc3ncn(C(O)(O)O)c(=O)c3c2F)C1. The Hall–Kier alpha value is -2.82. The molecule has 0 spiro atoms. The van der Waals surface area contributed by atoms with Crippen molar-refractivity contribution in [3.8, 4) is 0 Å². The van der Waals surface area contributed by atoms with E-state index in [0.717, 1.165) is 0 Å². The number of rotatable bonds is 4. The molecular weight excluding hydrogens is 347 g/mol. The molecule has 26 heavy (non-hydrogen) atoms. The van der Waals surface area contributed by atoms with E-state index in [4.69, 9.17) is 0 Å². The molecule has 2 heterocycles. The lowest BCUT2D eigenvalue weighted by Gasteiger charge is -2.18. The van der Waals surface area contributed by atoms with Gasteiger partial charge in [-0.15, -0.1) is 0 Å². The number of benzene rings is 1. The fourth-order valence-electron chi connectivity index (χ4n) is 2.92. The summed E-state index contributed by atoms with van der Waals surface area (Å²) in [7, 11) is 0. The third-order valence-electron chi connectivity index (χ3n) is 4.22. The summed E-state index contributed by atoms with van der Waals surface area (Å²) >= 11 is 0. The zero-order valence-electron chi connectivity index (χ0n) is 13.6. The van der Waals surface area contributed by atoms with Crippen molar-refractivity contribution >= 4 is 22.5 Å². The van der Waals surface area contributed by atoms with Crippen LogP contribution in [-0.4, -0.2) is 54.8 Å². The average molecular weight is 364 g/mol. The predicted molar refractivity (Wildman–Crippen MR) is 89.4 cm³/mol. The molecule has 1 amide bonds. The number of hydrogen-bond donors (Lipinski definition) is 4. The van der Waals surface area contributed by atoms with Crippen molar-refractivity contribution in [2.24, 2.45) is 0 Å². The predicted octanol–water partition coefficient (Wildman–Crippen LogP) is -0.721. The van der Waals surface area contributed by atoms with Gasteiger partial charge in [-0.05, 0) is 24.6 Å². The Labute approximate surface area is 146 Å². The van der Waals surface area contributed by atoms with Gasteiger partial charge >= 0.3 is 6.10 Å². The van der Waals surface area contributed by atoms with E-state index in [-0.39, 0.29) is 27.7 Å². The summed E-state index contributed by atoms with van der Waals surface area (Å²) in [6, 6.07) is 2.57. The van der Waals surface area contributed by atoms with Crippen molar-refractivity contribution in [1.29, 1.82) is 0 Å². The van der Waals surface area contributed by atoms with Crippen LogP contribution in [0, 0.1) is 5.82 Å². The van der Waals surface area contributed by atoms with Crippen molar-refractivity contribution < 1.29 is 24.5 Å². The maximum Gasteiger partial charge on any atom is 0.377 e. The maximum atomic E-state index is 14.8. The maximum absolute atomic E-state index is 14.8. The minimum atomic E-state index is -3.49. The number of nitrogens with zero attached hydrogens (tertiary/aromatic N) is 3. The molecule has 0 aliphatic carbocycles. The molecule has 1 unspecified atom stereocenters.